The van der Waals surface area contributed by atoms with Crippen LogP contribution in [0, 0.1) is 6.92 Å². The average molecular weight is 395 g/mol. The van der Waals surface area contributed by atoms with Gasteiger partial charge in [-0.25, -0.2) is 13.1 Å². The molecule has 1 aromatic rings. The number of amides is 3. The molecule has 2 atom stereocenters. The van der Waals surface area contributed by atoms with Crippen molar-refractivity contribution in [3.63, 3.8) is 0 Å². The number of ether oxygens (including phenoxy) is 1. The van der Waals surface area contributed by atoms with Gasteiger partial charge in [0, 0.05) is 19.5 Å². The smallest absolute Gasteiger partial charge is 0.265 e. The lowest BCUT2D eigenvalue weighted by Gasteiger charge is -2.25. The number of aryl methyl sites for hydroxylation is 1. The minimum absolute atomic E-state index is 0.120. The molecule has 27 heavy (non-hydrogen) atoms. The topological polar surface area (TPSA) is 122 Å². The van der Waals surface area contributed by atoms with Gasteiger partial charge in [0.1, 0.15) is 11.8 Å². The van der Waals surface area contributed by atoms with Crippen LogP contribution in [0.15, 0.2) is 17.0 Å². The number of nitrogens with zero attached hydrogens (tertiary/aromatic N) is 1. The van der Waals surface area contributed by atoms with E-state index in [0.717, 1.165) is 0 Å². The van der Waals surface area contributed by atoms with Gasteiger partial charge in [-0.2, -0.15) is 0 Å². The summed E-state index contributed by atoms with van der Waals surface area (Å²) in [7, 11) is -4.17. The van der Waals surface area contributed by atoms with Crippen LogP contribution in [0.2, 0.25) is 0 Å². The maximum atomic E-state index is 12.8. The van der Waals surface area contributed by atoms with Gasteiger partial charge >= 0.3 is 0 Å². The fraction of sp³-hybridized carbons (Fsp3) is 0.471. The van der Waals surface area contributed by atoms with Gasteiger partial charge in [-0.1, -0.05) is 0 Å². The molecule has 0 saturated carbocycles. The molecule has 10 heteroatoms. The summed E-state index contributed by atoms with van der Waals surface area (Å²) in [5.41, 5.74) is 0.724. The molecule has 2 heterocycles. The largest absolute Gasteiger partial charge is 0.479 e. The minimum atomic E-state index is -4.17. The first kappa shape index (κ1) is 19.2. The molecule has 0 unspecified atom stereocenters. The molecule has 146 valence electrons. The number of rotatable bonds is 3. The number of benzene rings is 1. The zero-order chi connectivity index (χ0) is 19.9. The second kappa shape index (κ2) is 6.84. The average Bonchev–Trinajstić information content (AvgIpc) is 3.05. The summed E-state index contributed by atoms with van der Waals surface area (Å²) >= 11 is 0. The highest BCUT2D eigenvalue weighted by molar-refractivity contribution is 7.90. The fourth-order valence-electron chi connectivity index (χ4n) is 3.30. The van der Waals surface area contributed by atoms with Crippen LogP contribution >= 0.6 is 0 Å². The second-order valence-electron chi connectivity index (χ2n) is 6.70. The van der Waals surface area contributed by atoms with Gasteiger partial charge in [-0.3, -0.25) is 14.4 Å². The van der Waals surface area contributed by atoms with Crippen LogP contribution in [-0.4, -0.2) is 49.7 Å². The third-order valence-corrected chi connectivity index (χ3v) is 6.18. The Kier molecular flexibility index (Phi) is 4.85. The van der Waals surface area contributed by atoms with Crippen LogP contribution < -0.4 is 14.8 Å². The van der Waals surface area contributed by atoms with Crippen molar-refractivity contribution in [3.8, 4) is 5.75 Å². The first-order chi connectivity index (χ1) is 12.6. The van der Waals surface area contributed by atoms with Crippen molar-refractivity contribution >= 4 is 33.4 Å². The number of hydrogen-bond acceptors (Lipinski definition) is 6. The van der Waals surface area contributed by atoms with E-state index >= 15 is 0 Å². The number of likely N-dealkylation sites (tertiary alicyclic amines) is 1. The summed E-state index contributed by atoms with van der Waals surface area (Å²) in [5, 5.41) is 2.64. The molecule has 2 N–H and O–H groups in total. The van der Waals surface area contributed by atoms with Crippen LogP contribution in [0.1, 0.15) is 32.3 Å². The van der Waals surface area contributed by atoms with Gasteiger partial charge in [0.15, 0.2) is 6.10 Å². The van der Waals surface area contributed by atoms with Gasteiger partial charge in [0.05, 0.1) is 10.6 Å². The molecule has 9 nitrogen and oxygen atoms in total. The maximum Gasteiger partial charge on any atom is 0.265 e. The number of fused-ring (bicyclic) bond motifs is 1. The molecule has 0 aromatic heterocycles. The molecular weight excluding hydrogens is 374 g/mol. The number of hydrogen-bond donors (Lipinski definition) is 2. The van der Waals surface area contributed by atoms with E-state index in [4.69, 9.17) is 4.74 Å². The van der Waals surface area contributed by atoms with Crippen molar-refractivity contribution in [1.82, 2.24) is 9.62 Å². The number of carbonyl (C=O) groups is 3. The molecule has 3 rings (SSSR count). The summed E-state index contributed by atoms with van der Waals surface area (Å²) in [6, 6.07) is 1.97. The highest BCUT2D eigenvalue weighted by Gasteiger charge is 2.35. The second-order valence-corrected chi connectivity index (χ2v) is 8.35. The van der Waals surface area contributed by atoms with Crippen LogP contribution in [0.5, 0.6) is 5.75 Å². The van der Waals surface area contributed by atoms with E-state index in [1.165, 1.54) is 24.0 Å². The molecule has 0 bridgehead atoms. The molecule has 0 radical (unpaired) electrons. The highest BCUT2D eigenvalue weighted by atomic mass is 32.2. The predicted octanol–water partition coefficient (Wildman–Crippen LogP) is 0.530. The Morgan fingerprint density at radius 1 is 1.33 bits per heavy atom. The molecular formula is C17H21N3O6S. The fourth-order valence-corrected chi connectivity index (χ4v) is 4.56. The van der Waals surface area contributed by atoms with E-state index in [1.807, 2.05) is 0 Å². The van der Waals surface area contributed by atoms with E-state index in [9.17, 15) is 22.8 Å². The third-order valence-electron chi connectivity index (χ3n) is 4.69. The Morgan fingerprint density at radius 3 is 2.70 bits per heavy atom. The lowest BCUT2D eigenvalue weighted by molar-refractivity contribution is -0.136. The van der Waals surface area contributed by atoms with E-state index in [1.54, 1.807) is 13.8 Å². The molecule has 3 amide bonds. The van der Waals surface area contributed by atoms with Crippen molar-refractivity contribution in [2.24, 2.45) is 0 Å². The molecule has 0 aliphatic carbocycles. The molecule has 1 aromatic carbocycles. The lowest BCUT2D eigenvalue weighted by atomic mass is 10.1. The summed E-state index contributed by atoms with van der Waals surface area (Å²) < 4.78 is 33.0. The van der Waals surface area contributed by atoms with E-state index < -0.39 is 28.1 Å². The Bertz CT molecular complexity index is 927. The Labute approximate surface area is 157 Å². The van der Waals surface area contributed by atoms with Crippen molar-refractivity contribution in [2.45, 2.75) is 50.7 Å². The lowest BCUT2D eigenvalue weighted by Crippen LogP contribution is -2.47. The van der Waals surface area contributed by atoms with Gasteiger partial charge in [0.25, 0.3) is 21.8 Å². The SMILES string of the molecule is CC(=O)N1CCC[C@@H]1C(=O)NS(=O)(=O)c1cc2c(cc1C)NC(=O)[C@H](C)O2. The monoisotopic (exact) mass is 395 g/mol. The predicted molar refractivity (Wildman–Crippen MR) is 95.6 cm³/mol. The Hall–Kier alpha value is -2.62. The van der Waals surface area contributed by atoms with Crippen molar-refractivity contribution in [2.75, 3.05) is 11.9 Å². The zero-order valence-corrected chi connectivity index (χ0v) is 16.1. The summed E-state index contributed by atoms with van der Waals surface area (Å²) in [6.07, 6.45) is 0.297. The first-order valence-electron chi connectivity index (χ1n) is 8.56. The van der Waals surface area contributed by atoms with Crippen LogP contribution in [0.4, 0.5) is 5.69 Å². The molecule has 2 aliphatic rings. The highest BCUT2D eigenvalue weighted by Crippen LogP contribution is 2.34. The summed E-state index contributed by atoms with van der Waals surface area (Å²) in [5.74, 6) is -1.11. The van der Waals surface area contributed by atoms with E-state index in [-0.39, 0.29) is 22.5 Å². The summed E-state index contributed by atoms with van der Waals surface area (Å²) in [4.78, 5) is 37.0. The van der Waals surface area contributed by atoms with Crippen LogP contribution in [0.3, 0.4) is 0 Å². The molecule has 0 spiro atoms. The van der Waals surface area contributed by atoms with E-state index in [0.29, 0.717) is 30.6 Å². The number of sulfonamides is 1. The standard InChI is InChI=1S/C17H21N3O6S/c1-9-7-12-14(26-10(2)16(22)18-12)8-15(9)27(24,25)19-17(23)13-5-4-6-20(13)11(3)21/h7-8,10,13H,4-6H2,1-3H3,(H,18,22)(H,19,23)/t10-,13+/m0/s1. The Balaban J connectivity index is 1.87. The van der Waals surface area contributed by atoms with Crippen LogP contribution in [-0.2, 0) is 24.4 Å². The van der Waals surface area contributed by atoms with Crippen LogP contribution in [0.25, 0.3) is 0 Å². The quantitative estimate of drug-likeness (QED) is 0.770. The zero-order valence-electron chi connectivity index (χ0n) is 15.2. The first-order valence-corrected chi connectivity index (χ1v) is 10.0. The van der Waals surface area contributed by atoms with Gasteiger partial charge < -0.3 is 15.0 Å². The van der Waals surface area contributed by atoms with Gasteiger partial charge in [-0.15, -0.1) is 0 Å². The van der Waals surface area contributed by atoms with Crippen molar-refractivity contribution in [1.29, 1.82) is 0 Å². The third kappa shape index (κ3) is 3.61. The van der Waals surface area contributed by atoms with Crippen molar-refractivity contribution in [3.05, 3.63) is 17.7 Å². The van der Waals surface area contributed by atoms with Gasteiger partial charge in [0.2, 0.25) is 5.91 Å². The molecule has 2 aliphatic heterocycles. The Morgan fingerprint density at radius 2 is 2.04 bits per heavy atom. The maximum absolute atomic E-state index is 12.8. The van der Waals surface area contributed by atoms with E-state index in [2.05, 4.69) is 10.0 Å². The number of anilines is 1. The number of nitrogens with one attached hydrogen (secondary N) is 2. The molecule has 1 saturated heterocycles. The minimum Gasteiger partial charge on any atom is -0.479 e. The van der Waals surface area contributed by atoms with Gasteiger partial charge in [-0.05, 0) is 38.3 Å². The van der Waals surface area contributed by atoms with Crippen molar-refractivity contribution < 1.29 is 27.5 Å². The summed E-state index contributed by atoms with van der Waals surface area (Å²) in [6.45, 7) is 4.88. The molecule has 1 fully saturated rings. The normalized spacial score (nSPS) is 21.9. The number of carbonyl (C=O) groups excluding carboxylic acids is 3.